The fourth-order valence-corrected chi connectivity index (χ4v) is 7.20. The summed E-state index contributed by atoms with van der Waals surface area (Å²) in [7, 11) is 0. The Bertz CT molecular complexity index is 906. The SMILES string of the molecule is CCC12CCC3=C4CCC(=O)C=C4CCC3C1CC[C@@]2(O)C=Cc1ccccc1. The fraction of sp³-hybridized carbons (Fsp3) is 0.519. The van der Waals surface area contributed by atoms with Crippen LogP contribution in [0.25, 0.3) is 6.08 Å². The lowest BCUT2D eigenvalue weighted by atomic mass is 9.53. The van der Waals surface area contributed by atoms with Gasteiger partial charge in [-0.2, -0.15) is 0 Å². The van der Waals surface area contributed by atoms with E-state index in [0.29, 0.717) is 24.0 Å². The van der Waals surface area contributed by atoms with Crippen molar-refractivity contribution in [1.29, 1.82) is 0 Å². The molecule has 0 heterocycles. The first-order valence-electron chi connectivity index (χ1n) is 11.5. The number of allylic oxidation sites excluding steroid dienone is 4. The quantitative estimate of drug-likeness (QED) is 0.687. The van der Waals surface area contributed by atoms with Gasteiger partial charge >= 0.3 is 0 Å². The monoisotopic (exact) mass is 388 g/mol. The number of hydrogen-bond donors (Lipinski definition) is 1. The number of carbonyl (C=O) groups is 1. The molecular weight excluding hydrogens is 356 g/mol. The number of hydrogen-bond acceptors (Lipinski definition) is 2. The lowest BCUT2D eigenvalue weighted by molar-refractivity contribution is -0.114. The van der Waals surface area contributed by atoms with Crippen molar-refractivity contribution < 1.29 is 9.90 Å². The number of benzene rings is 1. The number of ketones is 1. The van der Waals surface area contributed by atoms with Crippen LogP contribution in [0.3, 0.4) is 0 Å². The molecule has 4 atom stereocenters. The second-order valence-electron chi connectivity index (χ2n) is 9.61. The van der Waals surface area contributed by atoms with Crippen LogP contribution in [-0.2, 0) is 4.79 Å². The third-order valence-corrected chi connectivity index (χ3v) is 8.62. The van der Waals surface area contributed by atoms with Crippen molar-refractivity contribution >= 4 is 11.9 Å². The standard InChI is InChI=1S/C27H32O2/c1-2-26-15-13-23-22-11-9-21(28)18-20(22)8-10-24(23)25(26)14-17-27(26,29)16-12-19-6-4-3-5-7-19/h3-7,12,16,18,24-25,29H,2,8-11,13-15,17H2,1H3/t24?,25?,26?,27-/m0/s1. The molecule has 0 amide bonds. The van der Waals surface area contributed by atoms with Gasteiger partial charge in [-0.05, 0) is 86.0 Å². The van der Waals surface area contributed by atoms with Gasteiger partial charge in [-0.3, -0.25) is 4.79 Å². The Morgan fingerprint density at radius 1 is 1.07 bits per heavy atom. The van der Waals surface area contributed by atoms with Gasteiger partial charge < -0.3 is 5.11 Å². The van der Waals surface area contributed by atoms with Crippen LogP contribution in [0, 0.1) is 17.3 Å². The molecule has 5 rings (SSSR count). The molecule has 0 bridgehead atoms. The first-order chi connectivity index (χ1) is 14.1. The Hall–Kier alpha value is -1.93. The zero-order valence-corrected chi connectivity index (χ0v) is 17.5. The zero-order chi connectivity index (χ0) is 20.1. The van der Waals surface area contributed by atoms with Crippen LogP contribution in [0.4, 0.5) is 0 Å². The molecule has 3 unspecified atom stereocenters. The van der Waals surface area contributed by atoms with Gasteiger partial charge in [0.2, 0.25) is 0 Å². The van der Waals surface area contributed by atoms with E-state index in [2.05, 4.69) is 43.3 Å². The number of fused-ring (bicyclic) bond motifs is 4. The third-order valence-electron chi connectivity index (χ3n) is 8.62. The second kappa shape index (κ2) is 7.09. The summed E-state index contributed by atoms with van der Waals surface area (Å²) in [5, 5.41) is 11.9. The van der Waals surface area contributed by atoms with Crippen molar-refractivity contribution in [3.63, 3.8) is 0 Å². The molecule has 4 aliphatic rings. The molecule has 0 aliphatic heterocycles. The predicted octanol–water partition coefficient (Wildman–Crippen LogP) is 6.03. The number of carbonyl (C=O) groups excluding carboxylic acids is 1. The van der Waals surface area contributed by atoms with Gasteiger partial charge in [0.1, 0.15) is 0 Å². The van der Waals surface area contributed by atoms with Gasteiger partial charge in [0, 0.05) is 11.8 Å². The van der Waals surface area contributed by atoms with E-state index in [1.54, 1.807) is 5.57 Å². The van der Waals surface area contributed by atoms with Crippen LogP contribution in [0.2, 0.25) is 0 Å². The molecule has 1 N–H and O–H groups in total. The first kappa shape index (κ1) is 19.1. The lowest BCUT2D eigenvalue weighted by Crippen LogP contribution is -2.50. The summed E-state index contributed by atoms with van der Waals surface area (Å²) in [5.41, 5.74) is 4.92. The fourth-order valence-electron chi connectivity index (χ4n) is 7.20. The summed E-state index contributed by atoms with van der Waals surface area (Å²) in [4.78, 5) is 11.9. The van der Waals surface area contributed by atoms with E-state index in [4.69, 9.17) is 0 Å². The minimum Gasteiger partial charge on any atom is -0.385 e. The van der Waals surface area contributed by atoms with E-state index >= 15 is 0 Å². The smallest absolute Gasteiger partial charge is 0.156 e. The normalized spacial score (nSPS) is 36.6. The summed E-state index contributed by atoms with van der Waals surface area (Å²) in [6.07, 6.45) is 15.2. The molecule has 0 radical (unpaired) electrons. The summed E-state index contributed by atoms with van der Waals surface area (Å²) < 4.78 is 0. The van der Waals surface area contributed by atoms with Crippen molar-refractivity contribution in [3.05, 3.63) is 64.8 Å². The molecule has 0 aromatic heterocycles. The third kappa shape index (κ3) is 2.91. The zero-order valence-electron chi connectivity index (χ0n) is 17.5. The molecule has 1 aromatic rings. The topological polar surface area (TPSA) is 37.3 Å². The van der Waals surface area contributed by atoms with E-state index in [0.717, 1.165) is 56.9 Å². The Balaban J connectivity index is 1.49. The molecule has 2 saturated carbocycles. The summed E-state index contributed by atoms with van der Waals surface area (Å²) in [5.74, 6) is 1.47. The highest BCUT2D eigenvalue weighted by Crippen LogP contribution is 2.65. The largest absolute Gasteiger partial charge is 0.385 e. The molecular formula is C27H32O2. The molecule has 29 heavy (non-hydrogen) atoms. The lowest BCUT2D eigenvalue weighted by Gasteiger charge is -2.52. The summed E-state index contributed by atoms with van der Waals surface area (Å²) >= 11 is 0. The number of rotatable bonds is 3. The van der Waals surface area contributed by atoms with Gasteiger partial charge in [0.25, 0.3) is 0 Å². The van der Waals surface area contributed by atoms with Crippen LogP contribution in [0.15, 0.2) is 59.2 Å². The second-order valence-corrected chi connectivity index (χ2v) is 9.61. The van der Waals surface area contributed by atoms with E-state index in [9.17, 15) is 9.90 Å². The van der Waals surface area contributed by atoms with E-state index in [1.807, 2.05) is 12.1 Å². The average molecular weight is 389 g/mol. The van der Waals surface area contributed by atoms with Gasteiger partial charge in [-0.25, -0.2) is 0 Å². The average Bonchev–Trinajstić information content (AvgIpc) is 3.06. The Kier molecular flexibility index (Phi) is 4.66. The maximum Gasteiger partial charge on any atom is 0.156 e. The van der Waals surface area contributed by atoms with Crippen molar-refractivity contribution in [1.82, 2.24) is 0 Å². The minimum absolute atomic E-state index is 0.0152. The van der Waals surface area contributed by atoms with E-state index < -0.39 is 5.60 Å². The van der Waals surface area contributed by atoms with Crippen molar-refractivity contribution in [2.75, 3.05) is 0 Å². The van der Waals surface area contributed by atoms with Crippen molar-refractivity contribution in [2.45, 2.75) is 70.3 Å². The molecule has 0 spiro atoms. The minimum atomic E-state index is -0.711. The maximum atomic E-state index is 11.9. The van der Waals surface area contributed by atoms with Crippen LogP contribution >= 0.6 is 0 Å². The maximum absolute atomic E-state index is 11.9. The molecule has 152 valence electrons. The Labute approximate surface area is 174 Å². The van der Waals surface area contributed by atoms with Crippen LogP contribution in [-0.4, -0.2) is 16.5 Å². The Morgan fingerprint density at radius 2 is 1.90 bits per heavy atom. The number of aliphatic hydroxyl groups is 1. The van der Waals surface area contributed by atoms with Gasteiger partial charge in [-0.1, -0.05) is 55.0 Å². The van der Waals surface area contributed by atoms with Gasteiger partial charge in [0.05, 0.1) is 5.60 Å². The first-order valence-corrected chi connectivity index (χ1v) is 11.5. The molecule has 2 nitrogen and oxygen atoms in total. The van der Waals surface area contributed by atoms with Gasteiger partial charge in [-0.15, -0.1) is 0 Å². The molecule has 0 saturated heterocycles. The Morgan fingerprint density at radius 3 is 2.69 bits per heavy atom. The van der Waals surface area contributed by atoms with Crippen LogP contribution < -0.4 is 0 Å². The molecule has 2 heteroatoms. The van der Waals surface area contributed by atoms with E-state index in [1.165, 1.54) is 11.1 Å². The highest BCUT2D eigenvalue weighted by atomic mass is 16.3. The highest BCUT2D eigenvalue weighted by molar-refractivity contribution is 5.93. The molecule has 4 aliphatic carbocycles. The van der Waals surface area contributed by atoms with Gasteiger partial charge in [0.15, 0.2) is 5.78 Å². The van der Waals surface area contributed by atoms with Crippen LogP contribution in [0.1, 0.15) is 70.3 Å². The molecule has 2 fully saturated rings. The highest BCUT2D eigenvalue weighted by Gasteiger charge is 2.61. The predicted molar refractivity (Wildman–Crippen MR) is 117 cm³/mol. The van der Waals surface area contributed by atoms with Crippen molar-refractivity contribution in [3.8, 4) is 0 Å². The van der Waals surface area contributed by atoms with E-state index in [-0.39, 0.29) is 5.41 Å². The van der Waals surface area contributed by atoms with Crippen molar-refractivity contribution in [2.24, 2.45) is 17.3 Å². The summed E-state index contributed by atoms with van der Waals surface area (Å²) in [6.45, 7) is 2.28. The van der Waals surface area contributed by atoms with Crippen LogP contribution in [0.5, 0.6) is 0 Å². The molecule has 1 aromatic carbocycles. The summed E-state index contributed by atoms with van der Waals surface area (Å²) in [6, 6.07) is 10.4.